The van der Waals surface area contributed by atoms with Gasteiger partial charge in [0.05, 0.1) is 5.92 Å². The average Bonchev–Trinajstić information content (AvgIpc) is 3.04. The van der Waals surface area contributed by atoms with Crippen LogP contribution in [0.4, 0.5) is 0 Å². The van der Waals surface area contributed by atoms with Crippen LogP contribution in [0.2, 0.25) is 0 Å². The van der Waals surface area contributed by atoms with E-state index in [9.17, 15) is 4.79 Å². The first kappa shape index (κ1) is 14.1. The van der Waals surface area contributed by atoms with Gasteiger partial charge in [0.1, 0.15) is 0 Å². The molecule has 104 valence electrons. The minimum absolute atomic E-state index is 0.431. The molecule has 0 heterocycles. The van der Waals surface area contributed by atoms with E-state index in [0.717, 1.165) is 30.5 Å². The molecule has 19 heavy (non-hydrogen) atoms. The predicted octanol–water partition coefficient (Wildman–Crippen LogP) is 2.96. The first-order valence-corrected chi connectivity index (χ1v) is 6.97. The van der Waals surface area contributed by atoms with Crippen molar-refractivity contribution in [2.24, 2.45) is 11.8 Å². The molecule has 1 aliphatic carbocycles. The zero-order valence-electron chi connectivity index (χ0n) is 12.0. The Hall–Kier alpha value is -1.35. The fourth-order valence-electron chi connectivity index (χ4n) is 2.48. The van der Waals surface area contributed by atoms with E-state index in [4.69, 9.17) is 5.11 Å². The van der Waals surface area contributed by atoms with E-state index in [-0.39, 0.29) is 0 Å². The Bertz CT molecular complexity index is 441. The van der Waals surface area contributed by atoms with Crippen molar-refractivity contribution in [3.63, 3.8) is 0 Å². The Morgan fingerprint density at radius 2 is 2.00 bits per heavy atom. The van der Waals surface area contributed by atoms with Crippen molar-refractivity contribution >= 4 is 5.97 Å². The monoisotopic (exact) mass is 261 g/mol. The minimum atomic E-state index is -0.771. The molecule has 0 aromatic heterocycles. The molecule has 3 heteroatoms. The van der Waals surface area contributed by atoms with E-state index in [2.05, 4.69) is 18.9 Å². The zero-order chi connectivity index (χ0) is 14.0. The van der Waals surface area contributed by atoms with Crippen LogP contribution in [0, 0.1) is 11.8 Å². The van der Waals surface area contributed by atoms with E-state index in [1.807, 2.05) is 24.3 Å². The van der Waals surface area contributed by atoms with Crippen molar-refractivity contribution in [2.75, 3.05) is 13.6 Å². The maximum absolute atomic E-state index is 10.9. The first-order valence-electron chi connectivity index (χ1n) is 6.97. The van der Waals surface area contributed by atoms with E-state index >= 15 is 0 Å². The normalized spacial score (nSPS) is 23.4. The number of carbonyl (C=O) groups is 1. The Kier molecular flexibility index (Phi) is 4.25. The standard InChI is InChI=1S/C16H23NO2/c1-11-8-15(11)10-17(3)9-13-4-6-14(7-5-13)12(2)16(18)19/h4-7,11-12,15H,8-10H2,1-3H3,(H,18,19). The largest absolute Gasteiger partial charge is 0.481 e. The van der Waals surface area contributed by atoms with Crippen molar-refractivity contribution < 1.29 is 9.90 Å². The van der Waals surface area contributed by atoms with Gasteiger partial charge in [-0.1, -0.05) is 31.2 Å². The van der Waals surface area contributed by atoms with Crippen LogP contribution in [-0.4, -0.2) is 29.6 Å². The summed E-state index contributed by atoms with van der Waals surface area (Å²) in [7, 11) is 2.15. The van der Waals surface area contributed by atoms with Crippen LogP contribution >= 0.6 is 0 Å². The van der Waals surface area contributed by atoms with Crippen molar-refractivity contribution in [2.45, 2.75) is 32.7 Å². The third-order valence-electron chi connectivity index (χ3n) is 4.12. The summed E-state index contributed by atoms with van der Waals surface area (Å²) >= 11 is 0. The molecular formula is C16H23NO2. The third kappa shape index (κ3) is 3.80. The van der Waals surface area contributed by atoms with Crippen molar-refractivity contribution in [1.82, 2.24) is 4.90 Å². The molecule has 2 rings (SSSR count). The molecule has 1 saturated carbocycles. The lowest BCUT2D eigenvalue weighted by Gasteiger charge is -2.17. The summed E-state index contributed by atoms with van der Waals surface area (Å²) < 4.78 is 0. The maximum atomic E-state index is 10.9. The van der Waals surface area contributed by atoms with Gasteiger partial charge < -0.3 is 10.0 Å². The molecule has 1 aromatic carbocycles. The van der Waals surface area contributed by atoms with Gasteiger partial charge >= 0.3 is 5.97 Å². The van der Waals surface area contributed by atoms with Gasteiger partial charge in [0.2, 0.25) is 0 Å². The molecule has 3 atom stereocenters. The summed E-state index contributed by atoms with van der Waals surface area (Å²) in [5.74, 6) is 0.559. The molecule has 1 aromatic rings. The Morgan fingerprint density at radius 1 is 1.42 bits per heavy atom. The summed E-state index contributed by atoms with van der Waals surface area (Å²) in [5, 5.41) is 8.97. The second-order valence-electron chi connectivity index (χ2n) is 5.97. The fourth-order valence-corrected chi connectivity index (χ4v) is 2.48. The van der Waals surface area contributed by atoms with Crippen molar-refractivity contribution in [1.29, 1.82) is 0 Å². The Morgan fingerprint density at radius 3 is 2.47 bits per heavy atom. The van der Waals surface area contributed by atoms with Gasteiger partial charge in [-0.3, -0.25) is 4.79 Å². The highest BCUT2D eigenvalue weighted by molar-refractivity contribution is 5.75. The van der Waals surface area contributed by atoms with Crippen LogP contribution in [0.5, 0.6) is 0 Å². The van der Waals surface area contributed by atoms with Crippen LogP contribution in [0.1, 0.15) is 37.3 Å². The van der Waals surface area contributed by atoms with E-state index in [1.54, 1.807) is 6.92 Å². The van der Waals surface area contributed by atoms with Crippen LogP contribution in [0.15, 0.2) is 24.3 Å². The lowest BCUT2D eigenvalue weighted by Crippen LogP contribution is -2.20. The number of benzene rings is 1. The van der Waals surface area contributed by atoms with Gasteiger partial charge in [-0.25, -0.2) is 0 Å². The molecule has 0 radical (unpaired) electrons. The molecule has 0 aliphatic heterocycles. The van der Waals surface area contributed by atoms with E-state index < -0.39 is 11.9 Å². The van der Waals surface area contributed by atoms with E-state index in [1.165, 1.54) is 12.0 Å². The summed E-state index contributed by atoms with van der Waals surface area (Å²) in [6, 6.07) is 7.95. The zero-order valence-corrected chi connectivity index (χ0v) is 12.0. The average molecular weight is 261 g/mol. The summed E-state index contributed by atoms with van der Waals surface area (Å²) in [6.07, 6.45) is 1.36. The molecule has 1 aliphatic rings. The maximum Gasteiger partial charge on any atom is 0.310 e. The highest BCUT2D eigenvalue weighted by Crippen LogP contribution is 2.38. The van der Waals surface area contributed by atoms with E-state index in [0.29, 0.717) is 0 Å². The smallest absolute Gasteiger partial charge is 0.310 e. The number of hydrogen-bond donors (Lipinski definition) is 1. The number of hydrogen-bond acceptors (Lipinski definition) is 2. The minimum Gasteiger partial charge on any atom is -0.481 e. The lowest BCUT2D eigenvalue weighted by molar-refractivity contribution is -0.138. The Labute approximate surface area is 115 Å². The molecular weight excluding hydrogens is 238 g/mol. The van der Waals surface area contributed by atoms with Crippen LogP contribution in [0.3, 0.4) is 0 Å². The Balaban J connectivity index is 1.89. The van der Waals surface area contributed by atoms with Gasteiger partial charge in [0, 0.05) is 13.1 Å². The topological polar surface area (TPSA) is 40.5 Å². The van der Waals surface area contributed by atoms with Crippen LogP contribution < -0.4 is 0 Å². The molecule has 0 amide bonds. The number of carboxylic acid groups (broad SMARTS) is 1. The van der Waals surface area contributed by atoms with Gasteiger partial charge in [-0.2, -0.15) is 0 Å². The summed E-state index contributed by atoms with van der Waals surface area (Å²) in [5.41, 5.74) is 2.12. The highest BCUT2D eigenvalue weighted by atomic mass is 16.4. The second-order valence-corrected chi connectivity index (χ2v) is 5.97. The number of carboxylic acids is 1. The quantitative estimate of drug-likeness (QED) is 0.856. The number of nitrogens with zero attached hydrogens (tertiary/aromatic N) is 1. The summed E-state index contributed by atoms with van der Waals surface area (Å²) in [6.45, 7) is 6.12. The molecule has 3 nitrogen and oxygen atoms in total. The predicted molar refractivity (Wildman–Crippen MR) is 76.1 cm³/mol. The number of aliphatic carboxylic acids is 1. The first-order chi connectivity index (χ1) is 8.97. The van der Waals surface area contributed by atoms with Gasteiger partial charge in [0.15, 0.2) is 0 Å². The van der Waals surface area contributed by atoms with Crippen molar-refractivity contribution in [3.8, 4) is 0 Å². The van der Waals surface area contributed by atoms with Gasteiger partial charge in [-0.15, -0.1) is 0 Å². The molecule has 1 N–H and O–H groups in total. The van der Waals surface area contributed by atoms with Crippen LogP contribution in [-0.2, 0) is 11.3 Å². The van der Waals surface area contributed by atoms with Crippen molar-refractivity contribution in [3.05, 3.63) is 35.4 Å². The number of rotatable bonds is 6. The third-order valence-corrected chi connectivity index (χ3v) is 4.12. The van der Waals surface area contributed by atoms with Crippen LogP contribution in [0.25, 0.3) is 0 Å². The molecule has 0 spiro atoms. The summed E-state index contributed by atoms with van der Waals surface area (Å²) in [4.78, 5) is 13.3. The highest BCUT2D eigenvalue weighted by Gasteiger charge is 2.32. The molecule has 0 bridgehead atoms. The molecule has 3 unspecified atom stereocenters. The second kappa shape index (κ2) is 5.74. The SMILES string of the molecule is CC(C(=O)O)c1ccc(CN(C)CC2CC2C)cc1. The fraction of sp³-hybridized carbons (Fsp3) is 0.562. The van der Waals surface area contributed by atoms with Gasteiger partial charge in [0.25, 0.3) is 0 Å². The lowest BCUT2D eigenvalue weighted by atomic mass is 10.00. The molecule has 0 saturated heterocycles. The van der Waals surface area contributed by atoms with Gasteiger partial charge in [-0.05, 0) is 43.4 Å². The molecule has 1 fully saturated rings.